The first-order valence-corrected chi connectivity index (χ1v) is 4.00. The molecule has 0 saturated heterocycles. The predicted molar refractivity (Wildman–Crippen MR) is 48.3 cm³/mol. The summed E-state index contributed by atoms with van der Waals surface area (Å²) >= 11 is 9.13. The topological polar surface area (TPSA) is 26.0 Å². The van der Waals surface area contributed by atoms with E-state index < -0.39 is 0 Å². The average molecular weight is 220 g/mol. The second-order valence-corrected chi connectivity index (χ2v) is 3.27. The molecule has 2 N–H and O–H groups in total. The van der Waals surface area contributed by atoms with Gasteiger partial charge in [-0.2, -0.15) is 0 Å². The number of nitrogen functional groups attached to an aromatic ring is 1. The lowest BCUT2D eigenvalue weighted by atomic mass is 10.2. The number of hydrogen-bond donors (Lipinski definition) is 1. The van der Waals surface area contributed by atoms with Crippen molar-refractivity contribution in [3.63, 3.8) is 0 Å². The highest BCUT2D eigenvalue weighted by atomic mass is 79.9. The lowest BCUT2D eigenvalue weighted by molar-refractivity contribution is 1.43. The van der Waals surface area contributed by atoms with E-state index in [0.29, 0.717) is 10.7 Å². The van der Waals surface area contributed by atoms with Crippen molar-refractivity contribution in [2.24, 2.45) is 0 Å². The molecule has 54 valence electrons. The largest absolute Gasteiger partial charge is 0.397 e. The van der Waals surface area contributed by atoms with Gasteiger partial charge in [-0.1, -0.05) is 17.7 Å². The van der Waals surface area contributed by atoms with Crippen LogP contribution in [0.1, 0.15) is 5.56 Å². The van der Waals surface area contributed by atoms with E-state index in [2.05, 4.69) is 15.9 Å². The van der Waals surface area contributed by atoms with Crippen molar-refractivity contribution in [2.75, 3.05) is 5.73 Å². The zero-order chi connectivity index (χ0) is 7.72. The fraction of sp³-hybridized carbons (Fsp3) is 0.143. The summed E-state index contributed by atoms with van der Waals surface area (Å²) in [5, 5.41) is 0.597. The third kappa shape index (κ3) is 1.27. The van der Waals surface area contributed by atoms with Crippen LogP contribution in [0.2, 0.25) is 5.02 Å². The van der Waals surface area contributed by atoms with Gasteiger partial charge in [-0.25, -0.2) is 0 Å². The van der Waals surface area contributed by atoms with Crippen molar-refractivity contribution in [3.8, 4) is 0 Å². The van der Waals surface area contributed by atoms with E-state index in [1.165, 1.54) is 0 Å². The van der Waals surface area contributed by atoms with Gasteiger partial charge in [-0.15, -0.1) is 0 Å². The summed E-state index contributed by atoms with van der Waals surface area (Å²) in [6, 6.07) is 3.72. The first kappa shape index (κ1) is 7.89. The van der Waals surface area contributed by atoms with Gasteiger partial charge in [0.05, 0.1) is 10.7 Å². The summed E-state index contributed by atoms with van der Waals surface area (Å²) in [5.74, 6) is 0. The summed E-state index contributed by atoms with van der Waals surface area (Å²) in [6.07, 6.45) is 0. The second-order valence-electron chi connectivity index (χ2n) is 2.10. The molecular weight excluding hydrogens is 213 g/mol. The summed E-state index contributed by atoms with van der Waals surface area (Å²) in [4.78, 5) is 0. The van der Waals surface area contributed by atoms with Gasteiger partial charge >= 0.3 is 0 Å². The zero-order valence-corrected chi connectivity index (χ0v) is 7.83. The molecule has 0 aromatic heterocycles. The third-order valence-corrected chi connectivity index (χ3v) is 2.96. The van der Waals surface area contributed by atoms with Gasteiger partial charge in [0, 0.05) is 4.47 Å². The highest BCUT2D eigenvalue weighted by Gasteiger charge is 2.02. The van der Waals surface area contributed by atoms with Gasteiger partial charge in [0.2, 0.25) is 0 Å². The lowest BCUT2D eigenvalue weighted by Crippen LogP contribution is -1.87. The molecule has 0 amide bonds. The van der Waals surface area contributed by atoms with Crippen molar-refractivity contribution in [1.82, 2.24) is 0 Å². The fourth-order valence-electron chi connectivity index (χ4n) is 0.661. The Morgan fingerprint density at radius 2 is 2.10 bits per heavy atom. The van der Waals surface area contributed by atoms with Gasteiger partial charge in [0.1, 0.15) is 0 Å². The molecule has 3 heteroatoms. The molecule has 1 rings (SSSR count). The molecule has 0 bridgehead atoms. The first-order chi connectivity index (χ1) is 4.63. The van der Waals surface area contributed by atoms with Crippen LogP contribution in [0.25, 0.3) is 0 Å². The van der Waals surface area contributed by atoms with Crippen LogP contribution in [-0.2, 0) is 0 Å². The highest BCUT2D eigenvalue weighted by Crippen LogP contribution is 2.30. The Balaban J connectivity index is 3.34. The quantitative estimate of drug-likeness (QED) is 0.668. The Hall–Kier alpha value is -0.210. The summed E-state index contributed by atoms with van der Waals surface area (Å²) in [6.45, 7) is 1.97. The number of nitrogens with two attached hydrogens (primary N) is 1. The Labute approximate surface area is 73.3 Å². The molecule has 0 aliphatic rings. The van der Waals surface area contributed by atoms with E-state index >= 15 is 0 Å². The van der Waals surface area contributed by atoms with Gasteiger partial charge in [-0.3, -0.25) is 0 Å². The molecule has 0 aliphatic carbocycles. The second kappa shape index (κ2) is 2.81. The van der Waals surface area contributed by atoms with Crippen molar-refractivity contribution in [1.29, 1.82) is 0 Å². The number of aryl methyl sites for hydroxylation is 1. The normalized spacial score (nSPS) is 9.90. The molecule has 0 atom stereocenters. The highest BCUT2D eigenvalue weighted by molar-refractivity contribution is 9.10. The molecule has 0 saturated carbocycles. The van der Waals surface area contributed by atoms with Crippen LogP contribution in [0.5, 0.6) is 0 Å². The standard InChI is InChI=1S/C7H7BrClN/c1-4-2-3-5(10)7(9)6(4)8/h2-3H,10H2,1H3. The third-order valence-electron chi connectivity index (χ3n) is 1.31. The van der Waals surface area contributed by atoms with Gasteiger partial charge < -0.3 is 5.73 Å². The Morgan fingerprint density at radius 1 is 1.50 bits per heavy atom. The molecule has 1 aromatic rings. The maximum absolute atomic E-state index is 5.81. The molecule has 10 heavy (non-hydrogen) atoms. The van der Waals surface area contributed by atoms with Gasteiger partial charge in [0.15, 0.2) is 0 Å². The van der Waals surface area contributed by atoms with E-state index in [4.69, 9.17) is 17.3 Å². The summed E-state index contributed by atoms with van der Waals surface area (Å²) in [5.41, 5.74) is 7.23. The van der Waals surface area contributed by atoms with E-state index in [0.717, 1.165) is 10.0 Å². The first-order valence-electron chi connectivity index (χ1n) is 2.83. The molecule has 0 spiro atoms. The zero-order valence-electron chi connectivity index (χ0n) is 5.49. The smallest absolute Gasteiger partial charge is 0.0780 e. The molecule has 0 aliphatic heterocycles. The van der Waals surface area contributed by atoms with Crippen LogP contribution in [0.15, 0.2) is 16.6 Å². The van der Waals surface area contributed by atoms with E-state index in [-0.39, 0.29) is 0 Å². The molecule has 0 heterocycles. The van der Waals surface area contributed by atoms with Crippen LogP contribution >= 0.6 is 27.5 Å². The van der Waals surface area contributed by atoms with Crippen LogP contribution in [0.4, 0.5) is 5.69 Å². The fourth-order valence-corrected chi connectivity index (χ4v) is 1.23. The van der Waals surface area contributed by atoms with E-state index in [1.54, 1.807) is 6.07 Å². The summed E-state index contributed by atoms with van der Waals surface area (Å²) in [7, 11) is 0. The minimum Gasteiger partial charge on any atom is -0.397 e. The van der Waals surface area contributed by atoms with E-state index in [1.807, 2.05) is 13.0 Å². The predicted octanol–water partition coefficient (Wildman–Crippen LogP) is 2.99. The maximum atomic E-state index is 5.81. The monoisotopic (exact) mass is 219 g/mol. The number of benzene rings is 1. The van der Waals surface area contributed by atoms with Gasteiger partial charge in [0.25, 0.3) is 0 Å². The van der Waals surface area contributed by atoms with Gasteiger partial charge in [-0.05, 0) is 34.5 Å². The molecule has 0 radical (unpaired) electrons. The van der Waals surface area contributed by atoms with E-state index in [9.17, 15) is 0 Å². The van der Waals surface area contributed by atoms with Crippen LogP contribution in [-0.4, -0.2) is 0 Å². The Morgan fingerprint density at radius 3 is 2.60 bits per heavy atom. The number of halogens is 2. The molecule has 0 unspecified atom stereocenters. The maximum Gasteiger partial charge on any atom is 0.0780 e. The van der Waals surface area contributed by atoms with Crippen LogP contribution in [0, 0.1) is 6.92 Å². The molecular formula is C7H7BrClN. The van der Waals surface area contributed by atoms with Crippen molar-refractivity contribution >= 4 is 33.2 Å². The summed E-state index contributed by atoms with van der Waals surface area (Å²) < 4.78 is 0.883. The Bertz CT molecular complexity index is 233. The van der Waals surface area contributed by atoms with Crippen molar-refractivity contribution < 1.29 is 0 Å². The molecule has 0 fully saturated rings. The molecule has 1 aromatic carbocycles. The average Bonchev–Trinajstić information content (AvgIpc) is 1.93. The SMILES string of the molecule is Cc1ccc(N)c(Cl)c1Br. The van der Waals surface area contributed by atoms with Crippen molar-refractivity contribution in [3.05, 3.63) is 27.2 Å². The number of anilines is 1. The van der Waals surface area contributed by atoms with Crippen LogP contribution in [0.3, 0.4) is 0 Å². The minimum atomic E-state index is 0.597. The number of hydrogen-bond acceptors (Lipinski definition) is 1. The lowest BCUT2D eigenvalue weighted by Gasteiger charge is -2.02. The number of rotatable bonds is 0. The Kier molecular flexibility index (Phi) is 2.21. The minimum absolute atomic E-state index is 0.597. The van der Waals surface area contributed by atoms with Crippen LogP contribution < -0.4 is 5.73 Å². The molecule has 1 nitrogen and oxygen atoms in total. The van der Waals surface area contributed by atoms with Crippen molar-refractivity contribution in [2.45, 2.75) is 6.92 Å².